The van der Waals surface area contributed by atoms with Crippen LogP contribution >= 0.6 is 0 Å². The molecule has 2 amide bonds. The van der Waals surface area contributed by atoms with Crippen LogP contribution in [-0.2, 0) is 4.74 Å². The van der Waals surface area contributed by atoms with E-state index in [-0.39, 0.29) is 6.54 Å². The van der Waals surface area contributed by atoms with Crippen molar-refractivity contribution in [2.45, 2.75) is 12.6 Å². The Bertz CT molecular complexity index is 214. The van der Waals surface area contributed by atoms with Gasteiger partial charge in [-0.25, -0.2) is 4.79 Å². The zero-order valence-corrected chi connectivity index (χ0v) is 8.14. The molecule has 15 heavy (non-hydrogen) atoms. The van der Waals surface area contributed by atoms with E-state index in [1.807, 2.05) is 0 Å². The first-order valence-electron chi connectivity index (χ1n) is 4.66. The number of nitrogens with one attached hydrogen (secondary N) is 1. The van der Waals surface area contributed by atoms with Crippen LogP contribution in [-0.4, -0.2) is 50.0 Å². The number of hydrogen-bond acceptors (Lipinski definition) is 2. The van der Waals surface area contributed by atoms with Crippen LogP contribution in [0, 0.1) is 0 Å². The average molecular weight is 226 g/mol. The molecule has 1 fully saturated rings. The summed E-state index contributed by atoms with van der Waals surface area (Å²) in [6, 6.07) is -0.456. The lowest BCUT2D eigenvalue weighted by Crippen LogP contribution is -2.46. The van der Waals surface area contributed by atoms with Crippen molar-refractivity contribution < 1.29 is 22.7 Å². The highest BCUT2D eigenvalue weighted by Crippen LogP contribution is 2.18. The van der Waals surface area contributed by atoms with Crippen LogP contribution in [0.25, 0.3) is 0 Å². The topological polar surface area (TPSA) is 41.6 Å². The SMILES string of the molecule is O=C(NCCC(F)(F)F)N1CCOCC1. The summed E-state index contributed by atoms with van der Waals surface area (Å²) in [4.78, 5) is 12.7. The highest BCUT2D eigenvalue weighted by molar-refractivity contribution is 5.74. The van der Waals surface area contributed by atoms with Crippen LogP contribution in [0.2, 0.25) is 0 Å². The maximum atomic E-state index is 11.8. The van der Waals surface area contributed by atoms with Crippen LogP contribution in [0.15, 0.2) is 0 Å². The third-order valence-corrected chi connectivity index (χ3v) is 1.98. The maximum Gasteiger partial charge on any atom is 0.390 e. The van der Waals surface area contributed by atoms with E-state index in [0.29, 0.717) is 26.3 Å². The molecule has 0 aromatic rings. The molecule has 1 aliphatic heterocycles. The second-order valence-corrected chi connectivity index (χ2v) is 3.20. The van der Waals surface area contributed by atoms with Gasteiger partial charge in [-0.2, -0.15) is 13.2 Å². The van der Waals surface area contributed by atoms with Crippen LogP contribution in [0.5, 0.6) is 0 Å². The fourth-order valence-corrected chi connectivity index (χ4v) is 1.19. The molecule has 1 rings (SSSR count). The summed E-state index contributed by atoms with van der Waals surface area (Å²) in [5.41, 5.74) is 0. The van der Waals surface area contributed by atoms with Gasteiger partial charge in [0.25, 0.3) is 0 Å². The highest BCUT2D eigenvalue weighted by atomic mass is 19.4. The van der Waals surface area contributed by atoms with E-state index in [1.165, 1.54) is 4.90 Å². The Kier molecular flexibility index (Phi) is 4.19. The number of morpholine rings is 1. The van der Waals surface area contributed by atoms with E-state index >= 15 is 0 Å². The Balaban J connectivity index is 2.17. The third kappa shape index (κ3) is 4.87. The Morgan fingerprint density at radius 1 is 1.33 bits per heavy atom. The molecular formula is C8H13F3N2O2. The zero-order valence-electron chi connectivity index (χ0n) is 8.14. The van der Waals surface area contributed by atoms with E-state index in [9.17, 15) is 18.0 Å². The van der Waals surface area contributed by atoms with E-state index in [4.69, 9.17) is 4.74 Å². The van der Waals surface area contributed by atoms with Gasteiger partial charge in [-0.05, 0) is 0 Å². The number of amides is 2. The molecule has 0 aromatic carbocycles. The largest absolute Gasteiger partial charge is 0.390 e. The van der Waals surface area contributed by atoms with Gasteiger partial charge in [0.1, 0.15) is 0 Å². The Morgan fingerprint density at radius 2 is 1.93 bits per heavy atom. The van der Waals surface area contributed by atoms with E-state index < -0.39 is 18.6 Å². The molecule has 1 saturated heterocycles. The third-order valence-electron chi connectivity index (χ3n) is 1.98. The summed E-state index contributed by atoms with van der Waals surface area (Å²) in [6.45, 7) is 1.36. The summed E-state index contributed by atoms with van der Waals surface area (Å²) in [7, 11) is 0. The van der Waals surface area contributed by atoms with Gasteiger partial charge < -0.3 is 15.0 Å². The Hall–Kier alpha value is -0.980. The van der Waals surface area contributed by atoms with Crippen molar-refractivity contribution in [2.24, 2.45) is 0 Å². The highest BCUT2D eigenvalue weighted by Gasteiger charge is 2.27. The number of nitrogens with zero attached hydrogens (tertiary/aromatic N) is 1. The van der Waals surface area contributed by atoms with Crippen molar-refractivity contribution in [2.75, 3.05) is 32.8 Å². The smallest absolute Gasteiger partial charge is 0.378 e. The van der Waals surface area contributed by atoms with Crippen LogP contribution in [0.3, 0.4) is 0 Å². The Morgan fingerprint density at radius 3 is 2.47 bits per heavy atom. The lowest BCUT2D eigenvalue weighted by molar-refractivity contribution is -0.133. The molecule has 88 valence electrons. The van der Waals surface area contributed by atoms with Gasteiger partial charge in [0.05, 0.1) is 19.6 Å². The number of carbonyl (C=O) groups is 1. The first kappa shape index (κ1) is 12.1. The lowest BCUT2D eigenvalue weighted by atomic mass is 10.4. The minimum atomic E-state index is -4.22. The van der Waals surface area contributed by atoms with Crippen LogP contribution in [0.1, 0.15) is 6.42 Å². The molecule has 0 bridgehead atoms. The molecule has 0 aliphatic carbocycles. The van der Waals surface area contributed by atoms with Gasteiger partial charge in [0, 0.05) is 19.6 Å². The summed E-state index contributed by atoms with van der Waals surface area (Å²) in [5, 5.41) is 2.22. The van der Waals surface area contributed by atoms with Crippen molar-refractivity contribution in [1.82, 2.24) is 10.2 Å². The molecule has 1 N–H and O–H groups in total. The lowest BCUT2D eigenvalue weighted by Gasteiger charge is -2.26. The van der Waals surface area contributed by atoms with Crippen molar-refractivity contribution in [3.05, 3.63) is 0 Å². The molecule has 4 nitrogen and oxygen atoms in total. The number of halogens is 3. The second-order valence-electron chi connectivity index (χ2n) is 3.20. The predicted octanol–water partition coefficient (Wildman–Crippen LogP) is 0.981. The first-order valence-corrected chi connectivity index (χ1v) is 4.66. The number of ether oxygens (including phenoxy) is 1. The summed E-state index contributed by atoms with van der Waals surface area (Å²) < 4.78 is 40.3. The maximum absolute atomic E-state index is 11.8. The molecule has 0 saturated carbocycles. The predicted molar refractivity (Wildman–Crippen MR) is 46.5 cm³/mol. The zero-order chi connectivity index (χ0) is 11.3. The summed E-state index contributed by atoms with van der Waals surface area (Å²) in [5.74, 6) is 0. The van der Waals surface area contributed by atoms with Gasteiger partial charge in [0.2, 0.25) is 0 Å². The fraction of sp³-hybridized carbons (Fsp3) is 0.875. The number of hydrogen-bond donors (Lipinski definition) is 1. The molecule has 0 aromatic heterocycles. The molecule has 1 aliphatic rings. The minimum absolute atomic E-state index is 0.375. The molecule has 0 atom stereocenters. The number of carbonyl (C=O) groups excluding carboxylic acids is 1. The van der Waals surface area contributed by atoms with Crippen molar-refractivity contribution in [3.63, 3.8) is 0 Å². The standard InChI is InChI=1S/C8H13F3N2O2/c9-8(10,11)1-2-12-7(14)13-3-5-15-6-4-13/h1-6H2,(H,12,14). The van der Waals surface area contributed by atoms with Crippen molar-refractivity contribution in [3.8, 4) is 0 Å². The van der Waals surface area contributed by atoms with Gasteiger partial charge in [-0.1, -0.05) is 0 Å². The normalized spacial score (nSPS) is 17.7. The van der Waals surface area contributed by atoms with Gasteiger partial charge in [-0.15, -0.1) is 0 Å². The molecule has 0 radical (unpaired) electrons. The summed E-state index contributed by atoms with van der Waals surface area (Å²) >= 11 is 0. The van der Waals surface area contributed by atoms with Gasteiger partial charge in [-0.3, -0.25) is 0 Å². The Labute approximate surface area is 85.4 Å². The van der Waals surface area contributed by atoms with Gasteiger partial charge in [0.15, 0.2) is 0 Å². The van der Waals surface area contributed by atoms with Crippen LogP contribution in [0.4, 0.5) is 18.0 Å². The molecule has 7 heteroatoms. The minimum Gasteiger partial charge on any atom is -0.378 e. The first-order chi connectivity index (χ1) is 6.99. The number of urea groups is 1. The van der Waals surface area contributed by atoms with Gasteiger partial charge >= 0.3 is 12.2 Å². The van der Waals surface area contributed by atoms with Crippen molar-refractivity contribution >= 4 is 6.03 Å². The fourth-order valence-electron chi connectivity index (χ4n) is 1.19. The number of alkyl halides is 3. The quantitative estimate of drug-likeness (QED) is 0.762. The molecule has 0 spiro atoms. The van der Waals surface area contributed by atoms with Crippen molar-refractivity contribution in [1.29, 1.82) is 0 Å². The average Bonchev–Trinajstić information content (AvgIpc) is 2.17. The summed E-state index contributed by atoms with van der Waals surface area (Å²) in [6.07, 6.45) is -5.22. The van der Waals surface area contributed by atoms with E-state index in [0.717, 1.165) is 0 Å². The van der Waals surface area contributed by atoms with Crippen LogP contribution < -0.4 is 5.32 Å². The second kappa shape index (κ2) is 5.20. The number of rotatable bonds is 2. The molecular weight excluding hydrogens is 213 g/mol. The molecule has 0 unspecified atom stereocenters. The molecule has 1 heterocycles. The van der Waals surface area contributed by atoms with E-state index in [2.05, 4.69) is 5.32 Å². The monoisotopic (exact) mass is 226 g/mol. The van der Waals surface area contributed by atoms with E-state index in [1.54, 1.807) is 0 Å².